The number of aromatic nitrogens is 2. The van der Waals surface area contributed by atoms with Gasteiger partial charge in [-0.25, -0.2) is 9.97 Å². The molecule has 1 saturated carbocycles. The van der Waals surface area contributed by atoms with Gasteiger partial charge in [0.1, 0.15) is 12.1 Å². The lowest BCUT2D eigenvalue weighted by Crippen LogP contribution is -2.51. The number of benzene rings is 1. The summed E-state index contributed by atoms with van der Waals surface area (Å²) in [4.78, 5) is 26.7. The van der Waals surface area contributed by atoms with E-state index in [1.54, 1.807) is 6.33 Å². The molecule has 2 aromatic rings. The van der Waals surface area contributed by atoms with E-state index < -0.39 is 6.10 Å². The van der Waals surface area contributed by atoms with Gasteiger partial charge in [-0.3, -0.25) is 4.79 Å². The monoisotopic (exact) mass is 469 g/mol. The molecule has 2 fully saturated rings. The highest BCUT2D eigenvalue weighted by Crippen LogP contribution is 2.42. The summed E-state index contributed by atoms with van der Waals surface area (Å²) in [6.45, 7) is 6.50. The molecule has 0 bridgehead atoms. The molecule has 0 spiro atoms. The number of anilines is 1. The van der Waals surface area contributed by atoms with Crippen molar-refractivity contribution < 1.29 is 9.90 Å². The average Bonchev–Trinajstić information content (AvgIpc) is 3.61. The largest absolute Gasteiger partial charge is 0.387 e. The number of rotatable bonds is 7. The maximum absolute atomic E-state index is 13.6. The van der Waals surface area contributed by atoms with E-state index in [0.29, 0.717) is 31.1 Å². The number of amides is 1. The summed E-state index contributed by atoms with van der Waals surface area (Å²) < 4.78 is 0. The van der Waals surface area contributed by atoms with Crippen LogP contribution in [0.4, 0.5) is 5.82 Å². The Labute approximate surface area is 200 Å². The summed E-state index contributed by atoms with van der Waals surface area (Å²) in [5.41, 5.74) is 2.83. The molecule has 0 unspecified atom stereocenters. The normalized spacial score (nSPS) is 23.5. The minimum absolute atomic E-state index is 0.164. The molecule has 1 aromatic heterocycles. The van der Waals surface area contributed by atoms with Gasteiger partial charge in [-0.15, -0.1) is 0 Å². The van der Waals surface area contributed by atoms with Gasteiger partial charge in [-0.1, -0.05) is 30.7 Å². The second-order valence-corrected chi connectivity index (χ2v) is 10.1. The van der Waals surface area contributed by atoms with Gasteiger partial charge < -0.3 is 20.2 Å². The molecule has 2 aliphatic carbocycles. The van der Waals surface area contributed by atoms with E-state index in [1.165, 1.54) is 12.8 Å². The zero-order valence-electron chi connectivity index (χ0n) is 19.1. The number of fused-ring (bicyclic) bond motifs is 1. The molecule has 1 saturated heterocycles. The maximum atomic E-state index is 13.6. The summed E-state index contributed by atoms with van der Waals surface area (Å²) in [6, 6.07) is 7.66. The lowest BCUT2D eigenvalue weighted by atomic mass is 9.97. The standard InChI is InChI=1S/C25H32ClN5O2/c1-16-12-21(32)23-22(16)24(29-15-28-23)30-8-10-31(11-9-30)25(33)20(14-27-13-17-2-3-17)18-4-6-19(26)7-5-18/h4-7,15-17,20-21,27,32H,2-3,8-14H2,1H3/t16-,20-,21-/m1/s1. The quantitative estimate of drug-likeness (QED) is 0.648. The highest BCUT2D eigenvalue weighted by Gasteiger charge is 2.35. The predicted octanol–water partition coefficient (Wildman–Crippen LogP) is 3.10. The number of aliphatic hydroxyl groups excluding tert-OH is 1. The first-order valence-corrected chi connectivity index (χ1v) is 12.4. The fourth-order valence-corrected chi connectivity index (χ4v) is 5.24. The second kappa shape index (κ2) is 9.57. The van der Waals surface area contributed by atoms with Crippen molar-refractivity contribution in [1.29, 1.82) is 0 Å². The molecule has 2 N–H and O–H groups in total. The van der Waals surface area contributed by atoms with Crippen molar-refractivity contribution >= 4 is 23.3 Å². The minimum atomic E-state index is -0.511. The average molecular weight is 470 g/mol. The molecule has 8 heteroatoms. The number of hydrogen-bond acceptors (Lipinski definition) is 6. The third-order valence-electron chi connectivity index (χ3n) is 7.22. The van der Waals surface area contributed by atoms with Crippen molar-refractivity contribution in [3.63, 3.8) is 0 Å². The van der Waals surface area contributed by atoms with E-state index in [-0.39, 0.29) is 17.7 Å². The van der Waals surface area contributed by atoms with Crippen molar-refractivity contribution in [1.82, 2.24) is 20.2 Å². The number of halogens is 1. The van der Waals surface area contributed by atoms with E-state index >= 15 is 0 Å². The topological polar surface area (TPSA) is 81.6 Å². The van der Waals surface area contributed by atoms with E-state index in [0.717, 1.165) is 48.2 Å². The Balaban J connectivity index is 1.27. The molecule has 2 heterocycles. The van der Waals surface area contributed by atoms with Crippen molar-refractivity contribution in [2.45, 2.75) is 44.1 Å². The highest BCUT2D eigenvalue weighted by molar-refractivity contribution is 6.30. The summed E-state index contributed by atoms with van der Waals surface area (Å²) >= 11 is 6.09. The zero-order chi connectivity index (χ0) is 22.9. The van der Waals surface area contributed by atoms with Gasteiger partial charge >= 0.3 is 0 Å². The van der Waals surface area contributed by atoms with Crippen LogP contribution in [0.1, 0.15) is 60.9 Å². The van der Waals surface area contributed by atoms with Crippen LogP contribution < -0.4 is 10.2 Å². The Kier molecular flexibility index (Phi) is 6.54. The van der Waals surface area contributed by atoms with E-state index in [2.05, 4.69) is 27.1 Å². The number of hydrogen-bond donors (Lipinski definition) is 2. The van der Waals surface area contributed by atoms with Crippen LogP contribution in [0.3, 0.4) is 0 Å². The minimum Gasteiger partial charge on any atom is -0.387 e. The molecular weight excluding hydrogens is 438 g/mol. The number of nitrogens with one attached hydrogen (secondary N) is 1. The van der Waals surface area contributed by atoms with Gasteiger partial charge in [0.2, 0.25) is 5.91 Å². The SMILES string of the molecule is C[C@@H]1C[C@@H](O)c2ncnc(N3CCN(C(=O)[C@H](CNCC4CC4)c4ccc(Cl)cc4)CC3)c21. The summed E-state index contributed by atoms with van der Waals surface area (Å²) in [7, 11) is 0. The lowest BCUT2D eigenvalue weighted by molar-refractivity contribution is -0.133. The molecule has 176 valence electrons. The maximum Gasteiger partial charge on any atom is 0.231 e. The van der Waals surface area contributed by atoms with Crippen molar-refractivity contribution in [2.75, 3.05) is 44.2 Å². The van der Waals surface area contributed by atoms with Crippen LogP contribution in [0.15, 0.2) is 30.6 Å². The third-order valence-corrected chi connectivity index (χ3v) is 7.47. The Hall–Kier alpha value is -2.22. The molecule has 1 aromatic carbocycles. The van der Waals surface area contributed by atoms with Gasteiger partial charge in [0.15, 0.2) is 0 Å². The van der Waals surface area contributed by atoms with Crippen molar-refractivity contribution in [2.24, 2.45) is 5.92 Å². The number of carbonyl (C=O) groups is 1. The van der Waals surface area contributed by atoms with Gasteiger partial charge in [0, 0.05) is 43.3 Å². The molecule has 33 heavy (non-hydrogen) atoms. The molecular formula is C25H32ClN5O2. The molecule has 3 atom stereocenters. The number of piperazine rings is 1. The van der Waals surface area contributed by atoms with Crippen LogP contribution in [0.5, 0.6) is 0 Å². The molecule has 7 nitrogen and oxygen atoms in total. The van der Waals surface area contributed by atoms with Gasteiger partial charge in [-0.05, 0) is 55.3 Å². The van der Waals surface area contributed by atoms with Gasteiger partial charge in [-0.2, -0.15) is 0 Å². The summed E-state index contributed by atoms with van der Waals surface area (Å²) in [6.07, 6.45) is 4.31. The molecule has 1 amide bonds. The Morgan fingerprint density at radius 1 is 1.18 bits per heavy atom. The number of carbonyl (C=O) groups excluding carboxylic acids is 1. The fourth-order valence-electron chi connectivity index (χ4n) is 5.11. The first-order chi connectivity index (χ1) is 16.0. The third kappa shape index (κ3) is 4.86. The molecule has 5 rings (SSSR count). The Morgan fingerprint density at radius 3 is 2.61 bits per heavy atom. The van der Waals surface area contributed by atoms with E-state index in [4.69, 9.17) is 11.6 Å². The van der Waals surface area contributed by atoms with Crippen LogP contribution in [-0.2, 0) is 4.79 Å². The first-order valence-electron chi connectivity index (χ1n) is 12.0. The molecule has 3 aliphatic rings. The predicted molar refractivity (Wildman–Crippen MR) is 129 cm³/mol. The Morgan fingerprint density at radius 2 is 1.91 bits per heavy atom. The van der Waals surface area contributed by atoms with Crippen molar-refractivity contribution in [3.8, 4) is 0 Å². The zero-order valence-corrected chi connectivity index (χ0v) is 19.8. The van der Waals surface area contributed by atoms with Crippen LogP contribution in [0.2, 0.25) is 5.02 Å². The lowest BCUT2D eigenvalue weighted by Gasteiger charge is -2.38. The van der Waals surface area contributed by atoms with E-state index in [1.807, 2.05) is 29.2 Å². The number of nitrogens with zero attached hydrogens (tertiary/aromatic N) is 4. The van der Waals surface area contributed by atoms with Crippen LogP contribution >= 0.6 is 11.6 Å². The Bertz CT molecular complexity index is 989. The van der Waals surface area contributed by atoms with Crippen LogP contribution in [0.25, 0.3) is 0 Å². The van der Waals surface area contributed by atoms with Crippen LogP contribution in [-0.4, -0.2) is 65.2 Å². The van der Waals surface area contributed by atoms with Crippen molar-refractivity contribution in [3.05, 3.63) is 52.4 Å². The van der Waals surface area contributed by atoms with Crippen LogP contribution in [0, 0.1) is 5.92 Å². The summed E-state index contributed by atoms with van der Waals surface area (Å²) in [5.74, 6) is 1.86. The highest BCUT2D eigenvalue weighted by atomic mass is 35.5. The first kappa shape index (κ1) is 22.6. The fraction of sp³-hybridized carbons (Fsp3) is 0.560. The summed E-state index contributed by atoms with van der Waals surface area (Å²) in [5, 5.41) is 14.5. The van der Waals surface area contributed by atoms with Gasteiger partial charge in [0.05, 0.1) is 17.7 Å². The molecule has 1 aliphatic heterocycles. The second-order valence-electron chi connectivity index (χ2n) is 9.67. The smallest absolute Gasteiger partial charge is 0.231 e. The van der Waals surface area contributed by atoms with Gasteiger partial charge in [0.25, 0.3) is 0 Å². The molecule has 0 radical (unpaired) electrons. The van der Waals surface area contributed by atoms with E-state index in [9.17, 15) is 9.90 Å². The number of aliphatic hydroxyl groups is 1.